The number of benzene rings is 1. The van der Waals surface area contributed by atoms with Crippen LogP contribution >= 0.6 is 0 Å². The van der Waals surface area contributed by atoms with Crippen LogP contribution in [0.2, 0.25) is 0 Å². The molecule has 2 aromatic heterocycles. The van der Waals surface area contributed by atoms with E-state index in [9.17, 15) is 4.79 Å². The minimum atomic E-state index is -1.08. The smallest absolute Gasteiger partial charge is 0.339 e. The van der Waals surface area contributed by atoms with Crippen molar-refractivity contribution in [3.8, 4) is 0 Å². The third-order valence-electron chi connectivity index (χ3n) is 3.50. The zero-order valence-electron chi connectivity index (χ0n) is 11.7. The van der Waals surface area contributed by atoms with Gasteiger partial charge >= 0.3 is 5.97 Å². The van der Waals surface area contributed by atoms with Crippen molar-refractivity contribution in [2.45, 2.75) is 13.0 Å². The van der Waals surface area contributed by atoms with Crippen LogP contribution in [0.15, 0.2) is 42.7 Å². The average molecular weight is 297 g/mol. The van der Waals surface area contributed by atoms with E-state index in [0.717, 1.165) is 6.42 Å². The summed E-state index contributed by atoms with van der Waals surface area (Å²) in [5.41, 5.74) is 4.59. The van der Waals surface area contributed by atoms with Gasteiger partial charge in [-0.2, -0.15) is 5.10 Å². The van der Waals surface area contributed by atoms with Crippen LogP contribution in [-0.4, -0.2) is 25.8 Å². The van der Waals surface area contributed by atoms with E-state index in [1.165, 1.54) is 11.8 Å². The molecular weight excluding hydrogens is 282 g/mol. The van der Waals surface area contributed by atoms with Crippen LogP contribution in [0.3, 0.4) is 0 Å². The van der Waals surface area contributed by atoms with Crippen LogP contribution in [0.5, 0.6) is 0 Å². The highest BCUT2D eigenvalue weighted by atomic mass is 16.4. The number of aromatic carboxylic acids is 1. The standard InChI is InChI=1S/C15H15N5O2/c16-19-13-11-9-18-20(7-6-10-4-2-1-3-5-10)14(11)17-8-12(13)15(21)22/h1-5,8-9H,6-7,16H2,(H,17,19)(H,21,22). The second-order valence-corrected chi connectivity index (χ2v) is 4.84. The van der Waals surface area contributed by atoms with Crippen LogP contribution in [0.4, 0.5) is 5.69 Å². The lowest BCUT2D eigenvalue weighted by Crippen LogP contribution is -2.13. The molecular formula is C15H15N5O2. The number of carboxylic acids is 1. The maximum Gasteiger partial charge on any atom is 0.339 e. The number of hydrogen-bond donors (Lipinski definition) is 3. The largest absolute Gasteiger partial charge is 0.478 e. The molecule has 0 radical (unpaired) electrons. The van der Waals surface area contributed by atoms with Crippen molar-refractivity contribution in [2.75, 3.05) is 5.43 Å². The number of nitrogens with one attached hydrogen (secondary N) is 1. The molecule has 3 aromatic rings. The van der Waals surface area contributed by atoms with Crippen molar-refractivity contribution in [1.82, 2.24) is 14.8 Å². The summed E-state index contributed by atoms with van der Waals surface area (Å²) >= 11 is 0. The van der Waals surface area contributed by atoms with E-state index in [1.54, 1.807) is 10.9 Å². The van der Waals surface area contributed by atoms with E-state index in [1.807, 2.05) is 18.2 Å². The average Bonchev–Trinajstić information content (AvgIpc) is 2.96. The monoisotopic (exact) mass is 297 g/mol. The van der Waals surface area contributed by atoms with Gasteiger partial charge in [-0.1, -0.05) is 30.3 Å². The summed E-state index contributed by atoms with van der Waals surface area (Å²) < 4.78 is 1.74. The Labute approximate surface area is 126 Å². The molecule has 0 aliphatic carbocycles. The molecule has 0 aliphatic heterocycles. The first-order chi connectivity index (χ1) is 10.7. The highest BCUT2D eigenvalue weighted by Gasteiger charge is 2.16. The fourth-order valence-electron chi connectivity index (χ4n) is 2.39. The van der Waals surface area contributed by atoms with Gasteiger partial charge in [0.05, 0.1) is 17.3 Å². The predicted molar refractivity (Wildman–Crippen MR) is 82.4 cm³/mol. The summed E-state index contributed by atoms with van der Waals surface area (Å²) in [5.74, 6) is 4.37. The Hall–Kier alpha value is -2.93. The van der Waals surface area contributed by atoms with Gasteiger partial charge in [0.1, 0.15) is 5.56 Å². The molecule has 22 heavy (non-hydrogen) atoms. The zero-order valence-corrected chi connectivity index (χ0v) is 11.7. The van der Waals surface area contributed by atoms with Crippen molar-refractivity contribution in [3.63, 3.8) is 0 Å². The minimum Gasteiger partial charge on any atom is -0.478 e. The van der Waals surface area contributed by atoms with Crippen LogP contribution in [0.1, 0.15) is 15.9 Å². The summed E-state index contributed by atoms with van der Waals surface area (Å²) in [4.78, 5) is 15.4. The van der Waals surface area contributed by atoms with Gasteiger partial charge < -0.3 is 10.5 Å². The van der Waals surface area contributed by atoms with Gasteiger partial charge in [-0.3, -0.25) is 5.84 Å². The predicted octanol–water partition coefficient (Wildman–Crippen LogP) is 1.66. The van der Waals surface area contributed by atoms with E-state index < -0.39 is 5.97 Å². The highest BCUT2D eigenvalue weighted by molar-refractivity contribution is 6.03. The number of hydrogen-bond acceptors (Lipinski definition) is 5. The number of hydrazine groups is 1. The molecule has 7 nitrogen and oxygen atoms in total. The third-order valence-corrected chi connectivity index (χ3v) is 3.50. The van der Waals surface area contributed by atoms with Crippen molar-refractivity contribution >= 4 is 22.7 Å². The number of aromatic nitrogens is 3. The highest BCUT2D eigenvalue weighted by Crippen LogP contribution is 2.25. The van der Waals surface area contributed by atoms with Gasteiger partial charge in [0.2, 0.25) is 0 Å². The van der Waals surface area contributed by atoms with E-state index in [0.29, 0.717) is 23.3 Å². The number of nitrogens with two attached hydrogens (primary N) is 1. The lowest BCUT2D eigenvalue weighted by atomic mass is 10.1. The lowest BCUT2D eigenvalue weighted by molar-refractivity contribution is 0.0697. The molecule has 4 N–H and O–H groups in total. The second kappa shape index (κ2) is 5.82. The van der Waals surface area contributed by atoms with Crippen molar-refractivity contribution < 1.29 is 9.90 Å². The van der Waals surface area contributed by atoms with Crippen LogP contribution in [-0.2, 0) is 13.0 Å². The van der Waals surface area contributed by atoms with Crippen LogP contribution < -0.4 is 11.3 Å². The lowest BCUT2D eigenvalue weighted by Gasteiger charge is -2.07. The Morgan fingerprint density at radius 3 is 2.73 bits per heavy atom. The number of nitrogen functional groups attached to an aromatic ring is 1. The molecule has 0 atom stereocenters. The molecule has 0 saturated heterocycles. The summed E-state index contributed by atoms with van der Waals surface area (Å²) in [6, 6.07) is 10.1. The molecule has 0 amide bonds. The van der Waals surface area contributed by atoms with Crippen LogP contribution in [0, 0.1) is 0 Å². The Kier molecular flexibility index (Phi) is 3.71. The maximum atomic E-state index is 11.2. The minimum absolute atomic E-state index is 0.0256. The Morgan fingerprint density at radius 1 is 1.27 bits per heavy atom. The number of anilines is 1. The first-order valence-electron chi connectivity index (χ1n) is 6.79. The van der Waals surface area contributed by atoms with Crippen molar-refractivity contribution in [1.29, 1.82) is 0 Å². The van der Waals surface area contributed by atoms with Gasteiger partial charge in [-0.15, -0.1) is 0 Å². The molecule has 2 heterocycles. The molecule has 7 heteroatoms. The molecule has 0 bridgehead atoms. The topological polar surface area (TPSA) is 106 Å². The number of nitrogens with zero attached hydrogens (tertiary/aromatic N) is 3. The van der Waals surface area contributed by atoms with Gasteiger partial charge in [0, 0.05) is 12.7 Å². The summed E-state index contributed by atoms with van der Waals surface area (Å²) in [7, 11) is 0. The Balaban J connectivity index is 1.94. The molecule has 3 rings (SSSR count). The second-order valence-electron chi connectivity index (χ2n) is 4.84. The number of carbonyl (C=O) groups is 1. The van der Waals surface area contributed by atoms with E-state index in [2.05, 4.69) is 27.6 Å². The van der Waals surface area contributed by atoms with Gasteiger partial charge in [-0.05, 0) is 12.0 Å². The SMILES string of the molecule is NNc1c(C(=O)O)cnc2c1cnn2CCc1ccccc1. The third kappa shape index (κ3) is 2.49. The number of aryl methyl sites for hydroxylation is 2. The summed E-state index contributed by atoms with van der Waals surface area (Å²) in [5, 5.41) is 14.0. The molecule has 0 saturated carbocycles. The quantitative estimate of drug-likeness (QED) is 0.488. The van der Waals surface area contributed by atoms with Gasteiger partial charge in [-0.25, -0.2) is 14.5 Å². The number of pyridine rings is 1. The number of fused-ring (bicyclic) bond motifs is 1. The van der Waals surface area contributed by atoms with Gasteiger partial charge in [0.15, 0.2) is 5.65 Å². The number of carboxylic acid groups (broad SMARTS) is 1. The zero-order chi connectivity index (χ0) is 15.5. The van der Waals surface area contributed by atoms with Crippen molar-refractivity contribution in [3.05, 3.63) is 53.9 Å². The first-order valence-corrected chi connectivity index (χ1v) is 6.79. The van der Waals surface area contributed by atoms with E-state index >= 15 is 0 Å². The van der Waals surface area contributed by atoms with E-state index in [-0.39, 0.29) is 5.56 Å². The normalized spacial score (nSPS) is 10.8. The van der Waals surface area contributed by atoms with Crippen LogP contribution in [0.25, 0.3) is 11.0 Å². The van der Waals surface area contributed by atoms with Gasteiger partial charge in [0.25, 0.3) is 0 Å². The van der Waals surface area contributed by atoms with E-state index in [4.69, 9.17) is 10.9 Å². The molecule has 0 unspecified atom stereocenters. The molecule has 0 spiro atoms. The molecule has 112 valence electrons. The molecule has 0 aliphatic rings. The summed E-state index contributed by atoms with van der Waals surface area (Å²) in [6.45, 7) is 0.650. The molecule has 0 fully saturated rings. The fraction of sp³-hybridized carbons (Fsp3) is 0.133. The van der Waals surface area contributed by atoms with Crippen molar-refractivity contribution in [2.24, 2.45) is 5.84 Å². The Morgan fingerprint density at radius 2 is 2.05 bits per heavy atom. The summed E-state index contributed by atoms with van der Waals surface area (Å²) in [6.07, 6.45) is 3.68. The molecule has 1 aromatic carbocycles. The fourth-order valence-corrected chi connectivity index (χ4v) is 2.39. The first kappa shape index (κ1) is 14.0. The maximum absolute atomic E-state index is 11.2. The number of rotatable bonds is 5. The Bertz CT molecular complexity index is 813.